The van der Waals surface area contributed by atoms with Crippen LogP contribution in [-0.2, 0) is 25.7 Å². The van der Waals surface area contributed by atoms with Crippen LogP contribution in [0.25, 0.3) is 43.1 Å². The first-order chi connectivity index (χ1) is 23.5. The van der Waals surface area contributed by atoms with E-state index in [-0.39, 0.29) is 11.5 Å². The summed E-state index contributed by atoms with van der Waals surface area (Å²) in [5.41, 5.74) is 8.10. The van der Waals surface area contributed by atoms with E-state index in [0.717, 1.165) is 109 Å². The third-order valence-electron chi connectivity index (χ3n) is 12.8. The summed E-state index contributed by atoms with van der Waals surface area (Å²) in [6.07, 6.45) is 3.38. The molecule has 5 aliphatic rings. The van der Waals surface area contributed by atoms with E-state index in [2.05, 4.69) is 70.5 Å². The second-order valence-corrected chi connectivity index (χ2v) is 14.9. The zero-order valence-electron chi connectivity index (χ0n) is 26.8. The number of hydrogen-bond acceptors (Lipinski definition) is 6. The molecule has 0 aromatic heterocycles. The first-order valence-electron chi connectivity index (χ1n) is 17.8. The van der Waals surface area contributed by atoms with Gasteiger partial charge in [0.25, 0.3) is 0 Å². The maximum Gasteiger partial charge on any atom is 0.125 e. The van der Waals surface area contributed by atoms with Gasteiger partial charge in [-0.2, -0.15) is 0 Å². The van der Waals surface area contributed by atoms with Crippen molar-refractivity contribution in [3.05, 3.63) is 94.0 Å². The van der Waals surface area contributed by atoms with Crippen molar-refractivity contribution < 1.29 is 20.4 Å². The average molecular weight is 635 g/mol. The Kier molecular flexibility index (Phi) is 5.46. The van der Waals surface area contributed by atoms with E-state index in [1.54, 1.807) is 0 Å². The molecule has 4 heterocycles. The monoisotopic (exact) mass is 634 g/mol. The van der Waals surface area contributed by atoms with Crippen molar-refractivity contribution in [1.82, 2.24) is 0 Å². The number of benzene rings is 6. The zero-order valence-corrected chi connectivity index (χ0v) is 26.8. The van der Waals surface area contributed by atoms with Crippen molar-refractivity contribution in [1.29, 1.82) is 0 Å². The smallest absolute Gasteiger partial charge is 0.125 e. The predicted octanol–water partition coefficient (Wildman–Crippen LogP) is 6.93. The summed E-state index contributed by atoms with van der Waals surface area (Å²) in [4.78, 5) is 4.85. The third-order valence-corrected chi connectivity index (χ3v) is 12.8. The summed E-state index contributed by atoms with van der Waals surface area (Å²) in [7, 11) is 0. The van der Waals surface area contributed by atoms with E-state index in [1.807, 2.05) is 0 Å². The Balaban J connectivity index is 1.15. The van der Waals surface area contributed by atoms with Gasteiger partial charge < -0.3 is 30.2 Å². The Morgan fingerprint density at radius 1 is 0.500 bits per heavy atom. The van der Waals surface area contributed by atoms with Gasteiger partial charge >= 0.3 is 0 Å². The highest BCUT2D eigenvalue weighted by Gasteiger charge is 2.54. The molecule has 0 bridgehead atoms. The Bertz CT molecular complexity index is 2240. The van der Waals surface area contributed by atoms with Crippen molar-refractivity contribution in [2.45, 2.75) is 62.6 Å². The number of aliphatic hydroxyl groups is 2. The Morgan fingerprint density at radius 2 is 0.938 bits per heavy atom. The lowest BCUT2D eigenvalue weighted by atomic mass is 9.60. The van der Waals surface area contributed by atoms with Gasteiger partial charge in [0, 0.05) is 71.0 Å². The molecule has 48 heavy (non-hydrogen) atoms. The number of aliphatic hydroxyl groups excluding tert-OH is 2. The van der Waals surface area contributed by atoms with Crippen LogP contribution < -0.4 is 9.80 Å². The minimum atomic E-state index is -0.977. The maximum absolute atomic E-state index is 12.3. The number of rotatable bonds is 2. The van der Waals surface area contributed by atoms with Crippen LogP contribution in [0, 0.1) is 0 Å². The van der Waals surface area contributed by atoms with Gasteiger partial charge in [0.2, 0.25) is 0 Å². The molecule has 0 atom stereocenters. The molecule has 6 aromatic rings. The van der Waals surface area contributed by atoms with E-state index >= 15 is 0 Å². The molecule has 6 aromatic carbocycles. The summed E-state index contributed by atoms with van der Waals surface area (Å²) in [6, 6.07) is 21.3. The Hall–Kier alpha value is -4.52. The van der Waals surface area contributed by atoms with Crippen LogP contribution in [0.5, 0.6) is 11.5 Å². The van der Waals surface area contributed by atoms with Gasteiger partial charge in [-0.15, -0.1) is 0 Å². The first-order valence-corrected chi connectivity index (χ1v) is 17.8. The predicted molar refractivity (Wildman–Crippen MR) is 192 cm³/mol. The van der Waals surface area contributed by atoms with Gasteiger partial charge in [0.15, 0.2) is 0 Å². The number of aromatic hydroxyl groups is 2. The van der Waals surface area contributed by atoms with Crippen molar-refractivity contribution in [2.24, 2.45) is 0 Å². The summed E-state index contributed by atoms with van der Waals surface area (Å²) < 4.78 is 0. The standard InChI is InChI=1S/C42H38N2O4/c45-39-27-11-5-15-43-17-13-25-23-9-3-1-7-21(23)19-29(31(25)37(27)43)33(39)35-41(47)36(42(35)48)34-30-20-22-8-2-4-10-24(22)26-14-18-44-16-6-12-28(40(34)46)38(44)32(26)30/h1-4,7-10,19-20,35-36,41-42,45-48H,5-6,11-18H2. The Morgan fingerprint density at radius 3 is 1.40 bits per heavy atom. The fourth-order valence-electron chi connectivity index (χ4n) is 10.7. The zero-order chi connectivity index (χ0) is 32.0. The van der Waals surface area contributed by atoms with Gasteiger partial charge in [0.05, 0.1) is 23.6 Å². The van der Waals surface area contributed by atoms with Gasteiger partial charge in [-0.05, 0) is 94.1 Å². The second kappa shape index (κ2) is 9.55. The number of phenols is 2. The first kappa shape index (κ1) is 27.4. The lowest BCUT2D eigenvalue weighted by Crippen LogP contribution is -2.52. The fourth-order valence-corrected chi connectivity index (χ4v) is 10.7. The average Bonchev–Trinajstić information content (AvgIpc) is 3.13. The fraction of sp³-hybridized carbons (Fsp3) is 0.333. The van der Waals surface area contributed by atoms with Crippen LogP contribution in [0.15, 0.2) is 60.7 Å². The Labute approximate surface area is 278 Å². The number of anilines is 2. The summed E-state index contributed by atoms with van der Waals surface area (Å²) in [5, 5.41) is 57.8. The molecule has 6 heteroatoms. The quantitative estimate of drug-likeness (QED) is 0.155. The molecule has 0 radical (unpaired) electrons. The van der Waals surface area contributed by atoms with E-state index in [9.17, 15) is 20.4 Å². The van der Waals surface area contributed by atoms with E-state index in [4.69, 9.17) is 0 Å². The normalized spacial score (nSPS) is 24.1. The van der Waals surface area contributed by atoms with Crippen LogP contribution in [-0.4, -0.2) is 58.8 Å². The molecule has 1 saturated carbocycles. The van der Waals surface area contributed by atoms with Crippen LogP contribution >= 0.6 is 0 Å². The summed E-state index contributed by atoms with van der Waals surface area (Å²) >= 11 is 0. The van der Waals surface area contributed by atoms with Crippen molar-refractivity contribution in [3.63, 3.8) is 0 Å². The molecule has 1 fully saturated rings. The molecule has 4 aliphatic heterocycles. The van der Waals surface area contributed by atoms with Crippen LogP contribution in [0.1, 0.15) is 58.1 Å². The molecule has 240 valence electrons. The molecule has 0 saturated heterocycles. The van der Waals surface area contributed by atoms with Crippen LogP contribution in [0.4, 0.5) is 11.4 Å². The summed E-state index contributed by atoms with van der Waals surface area (Å²) in [5.74, 6) is -0.905. The minimum Gasteiger partial charge on any atom is -0.507 e. The second-order valence-electron chi connectivity index (χ2n) is 14.9. The topological polar surface area (TPSA) is 87.4 Å². The van der Waals surface area contributed by atoms with Crippen molar-refractivity contribution in [2.75, 3.05) is 36.0 Å². The van der Waals surface area contributed by atoms with Gasteiger partial charge in [-0.1, -0.05) is 48.5 Å². The molecule has 1 aliphatic carbocycles. The molecule has 0 spiro atoms. The molecule has 4 N–H and O–H groups in total. The van der Waals surface area contributed by atoms with Crippen LogP contribution in [0.2, 0.25) is 0 Å². The van der Waals surface area contributed by atoms with Crippen molar-refractivity contribution in [3.8, 4) is 11.5 Å². The highest BCUT2D eigenvalue weighted by molar-refractivity contribution is 6.13. The van der Waals surface area contributed by atoms with E-state index < -0.39 is 24.0 Å². The van der Waals surface area contributed by atoms with E-state index in [0.29, 0.717) is 11.1 Å². The molecular formula is C42H38N2O4. The lowest BCUT2D eigenvalue weighted by molar-refractivity contribution is -0.0788. The third kappa shape index (κ3) is 3.30. The molecule has 0 amide bonds. The van der Waals surface area contributed by atoms with Gasteiger partial charge in [-0.25, -0.2) is 0 Å². The SMILES string of the molecule is Oc1c2c3c4c(c5ccccc5cc4c1C1C(O)C(c4c(O)c5c6c7c(c8ccccc8cc47)CCN6CCC5)C1O)CCN3CCC2. The highest BCUT2D eigenvalue weighted by atomic mass is 16.3. The molecule has 11 rings (SSSR count). The van der Waals surface area contributed by atoms with E-state index in [1.165, 1.54) is 32.7 Å². The minimum absolute atomic E-state index is 0.227. The number of hydrogen-bond donors (Lipinski definition) is 4. The molecular weight excluding hydrogens is 596 g/mol. The molecule has 0 unspecified atom stereocenters. The summed E-state index contributed by atoms with van der Waals surface area (Å²) in [6.45, 7) is 3.81. The largest absolute Gasteiger partial charge is 0.507 e. The highest BCUT2D eigenvalue weighted by Crippen LogP contribution is 2.60. The number of fused-ring (bicyclic) bond motifs is 4. The van der Waals surface area contributed by atoms with Gasteiger partial charge in [0.1, 0.15) is 11.5 Å². The number of phenolic OH excluding ortho intramolecular Hbond substituents is 2. The van der Waals surface area contributed by atoms with Crippen molar-refractivity contribution >= 4 is 54.5 Å². The van der Waals surface area contributed by atoms with Crippen LogP contribution in [0.3, 0.4) is 0 Å². The maximum atomic E-state index is 12.3. The molecule has 6 nitrogen and oxygen atoms in total. The number of nitrogens with zero attached hydrogens (tertiary/aromatic N) is 2. The lowest BCUT2D eigenvalue weighted by Gasteiger charge is -2.49. The van der Waals surface area contributed by atoms with Gasteiger partial charge in [-0.3, -0.25) is 0 Å².